The summed E-state index contributed by atoms with van der Waals surface area (Å²) >= 11 is 0. The molecule has 2 aliphatic rings. The average molecular weight is 846 g/mol. The van der Waals surface area contributed by atoms with Gasteiger partial charge in [-0.05, 0) is 111 Å². The van der Waals surface area contributed by atoms with E-state index >= 15 is 0 Å². The molecule has 0 unspecified atom stereocenters. The van der Waals surface area contributed by atoms with Crippen LogP contribution in [0.3, 0.4) is 0 Å². The average Bonchev–Trinajstić information content (AvgIpc) is 3.99. The lowest BCUT2D eigenvalue weighted by Gasteiger charge is -2.30. The minimum absolute atomic E-state index is 0.190. The molecule has 0 amide bonds. The summed E-state index contributed by atoms with van der Waals surface area (Å²) < 4.78 is 13.2. The Balaban J connectivity index is 1.04. The van der Waals surface area contributed by atoms with Gasteiger partial charge in [0.15, 0.2) is 0 Å². The van der Waals surface area contributed by atoms with Crippen molar-refractivity contribution in [3.63, 3.8) is 0 Å². The quantitative estimate of drug-likeness (QED) is 0.177. The standard InChI is InChI=1S/C63H43NO2/c1-63(2)55-28-10-7-21-48(55)49-37-36-44(39-56(49)63)64(43-34-32-41(33-35-43)47-24-14-27-54-52-23-9-12-31-59(52)66-62(47)54)57-29-15-26-53-45-19-5-4-17-42(45)38-60-51(50-22-8-11-30-58(50)65-60)25-13-18-40-16-3-6-20-46(40)61(53)57/h3-17,19-32,34,36-37,39H,18,38H2,1-2H3. The first-order chi connectivity index (χ1) is 32.5. The Morgan fingerprint density at radius 1 is 0.500 bits per heavy atom. The van der Waals surface area contributed by atoms with Crippen molar-refractivity contribution in [2.75, 3.05) is 4.90 Å². The van der Waals surface area contributed by atoms with E-state index in [0.717, 1.165) is 90.0 Å². The van der Waals surface area contributed by atoms with Crippen LogP contribution in [0.1, 0.15) is 47.4 Å². The molecule has 2 heterocycles. The molecule has 2 aromatic heterocycles. The second-order valence-corrected chi connectivity index (χ2v) is 18.1. The van der Waals surface area contributed by atoms with Crippen molar-refractivity contribution in [1.29, 1.82) is 0 Å². The lowest BCUT2D eigenvalue weighted by molar-refractivity contribution is 0.562. The van der Waals surface area contributed by atoms with E-state index < -0.39 is 0 Å². The second kappa shape index (κ2) is 14.9. The lowest BCUT2D eigenvalue weighted by atomic mass is 9.82. The monoisotopic (exact) mass is 845 g/mol. The van der Waals surface area contributed by atoms with Gasteiger partial charge in [0.1, 0.15) is 22.5 Å². The van der Waals surface area contributed by atoms with Crippen LogP contribution < -0.4 is 4.90 Å². The highest BCUT2D eigenvalue weighted by atomic mass is 16.3. The Labute approximate surface area is 384 Å². The highest BCUT2D eigenvalue weighted by molar-refractivity contribution is 6.09. The molecule has 9 aromatic carbocycles. The van der Waals surface area contributed by atoms with Gasteiger partial charge in [-0.3, -0.25) is 0 Å². The highest BCUT2D eigenvalue weighted by Crippen LogP contribution is 2.52. The first kappa shape index (κ1) is 38.2. The fraction of sp³-hybridized carbons (Fsp3) is 0.0794. The van der Waals surface area contributed by atoms with Gasteiger partial charge in [-0.25, -0.2) is 0 Å². The fourth-order valence-electron chi connectivity index (χ4n) is 10.9. The third-order valence-corrected chi connectivity index (χ3v) is 14.1. The molecule has 0 radical (unpaired) electrons. The number of hydrogen-bond donors (Lipinski definition) is 0. The number of hydrogen-bond acceptors (Lipinski definition) is 3. The maximum Gasteiger partial charge on any atom is 0.143 e. The molecule has 0 spiro atoms. The number of anilines is 3. The number of allylic oxidation sites excluding steroid dienone is 1. The Bertz CT molecular complexity index is 3750. The number of benzene rings is 8. The molecule has 0 bridgehead atoms. The first-order valence-corrected chi connectivity index (χ1v) is 22.9. The van der Waals surface area contributed by atoms with Gasteiger partial charge in [0, 0.05) is 55.9 Å². The summed E-state index contributed by atoms with van der Waals surface area (Å²) in [4.78, 5) is 2.40. The lowest BCUT2D eigenvalue weighted by Crippen LogP contribution is -2.17. The summed E-state index contributed by atoms with van der Waals surface area (Å²) in [7, 11) is 0. The molecule has 3 heteroatoms. The Kier molecular flexibility index (Phi) is 8.60. The van der Waals surface area contributed by atoms with E-state index in [4.69, 9.17) is 8.83 Å². The van der Waals surface area contributed by atoms with E-state index in [1.54, 1.807) is 0 Å². The zero-order valence-electron chi connectivity index (χ0n) is 36.7. The molecule has 2 aliphatic carbocycles. The largest absolute Gasteiger partial charge is 0.460 e. The molecule has 11 aromatic rings. The summed E-state index contributed by atoms with van der Waals surface area (Å²) in [6.45, 7) is 4.70. The molecule has 312 valence electrons. The summed E-state index contributed by atoms with van der Waals surface area (Å²) in [6, 6.07) is 75.1. The SMILES string of the molecule is CC1(C)c2ccccc2-c2ccc(N(c3c#cc(-c4cccc5c4oc4ccccc45)cc3)c3cccc4c3-c3ccccc3CC=Cc3c(oc5ccccc35)Cc3ccccc3-4)cc21. The predicted molar refractivity (Wildman–Crippen MR) is 272 cm³/mol. The Morgan fingerprint density at radius 3 is 2.02 bits per heavy atom. The Hall–Kier alpha value is -8.32. The van der Waals surface area contributed by atoms with Crippen LogP contribution in [0.4, 0.5) is 17.1 Å². The minimum Gasteiger partial charge on any atom is -0.460 e. The van der Waals surface area contributed by atoms with E-state index in [1.807, 2.05) is 12.1 Å². The van der Waals surface area contributed by atoms with Gasteiger partial charge < -0.3 is 13.7 Å². The van der Waals surface area contributed by atoms with Crippen molar-refractivity contribution in [1.82, 2.24) is 0 Å². The van der Waals surface area contributed by atoms with Crippen LogP contribution in [0.25, 0.3) is 83.5 Å². The van der Waals surface area contributed by atoms with E-state index in [-0.39, 0.29) is 5.41 Å². The van der Waals surface area contributed by atoms with Crippen LogP contribution in [0.15, 0.2) is 203 Å². The molecule has 0 aliphatic heterocycles. The van der Waals surface area contributed by atoms with Crippen molar-refractivity contribution in [2.24, 2.45) is 0 Å². The smallest absolute Gasteiger partial charge is 0.143 e. The Morgan fingerprint density at radius 2 is 1.17 bits per heavy atom. The minimum atomic E-state index is -0.190. The van der Waals surface area contributed by atoms with Crippen LogP contribution >= 0.6 is 0 Å². The molecule has 66 heavy (non-hydrogen) atoms. The molecular weight excluding hydrogens is 803 g/mol. The number of nitrogens with zero attached hydrogens (tertiary/aromatic N) is 1. The summed E-state index contributed by atoms with van der Waals surface area (Å²) in [5.41, 5.74) is 20.9. The van der Waals surface area contributed by atoms with Crippen molar-refractivity contribution < 1.29 is 8.83 Å². The van der Waals surface area contributed by atoms with Crippen LogP contribution in [-0.4, -0.2) is 0 Å². The summed E-state index contributed by atoms with van der Waals surface area (Å²) in [5.74, 6) is 0.971. The van der Waals surface area contributed by atoms with Crippen molar-refractivity contribution in [3.8, 4) is 44.5 Å². The molecular formula is C63H43NO2. The summed E-state index contributed by atoms with van der Waals surface area (Å²) in [5, 5.41) is 3.34. The van der Waals surface area contributed by atoms with E-state index in [0.29, 0.717) is 6.42 Å². The van der Waals surface area contributed by atoms with Gasteiger partial charge in [-0.2, -0.15) is 0 Å². The zero-order chi connectivity index (χ0) is 43.9. The molecule has 13 rings (SSSR count). The van der Waals surface area contributed by atoms with Gasteiger partial charge >= 0.3 is 0 Å². The topological polar surface area (TPSA) is 29.5 Å². The van der Waals surface area contributed by atoms with Crippen LogP contribution in [0, 0.1) is 12.1 Å². The van der Waals surface area contributed by atoms with Crippen molar-refractivity contribution >= 4 is 56.0 Å². The first-order valence-electron chi connectivity index (χ1n) is 22.9. The van der Waals surface area contributed by atoms with Crippen LogP contribution in [0.5, 0.6) is 0 Å². The normalized spacial score (nSPS) is 13.4. The third kappa shape index (κ3) is 5.92. The molecule has 0 fully saturated rings. The molecule has 3 nitrogen and oxygen atoms in total. The van der Waals surface area contributed by atoms with E-state index in [2.05, 4.69) is 219 Å². The maximum absolute atomic E-state index is 6.67. The van der Waals surface area contributed by atoms with Crippen LogP contribution in [-0.2, 0) is 18.3 Å². The molecule has 0 saturated heterocycles. The zero-order valence-corrected chi connectivity index (χ0v) is 36.7. The van der Waals surface area contributed by atoms with Crippen LogP contribution in [0.2, 0.25) is 0 Å². The summed E-state index contributed by atoms with van der Waals surface area (Å²) in [6.07, 6.45) is 5.97. The van der Waals surface area contributed by atoms with E-state index in [9.17, 15) is 0 Å². The van der Waals surface area contributed by atoms with Gasteiger partial charge in [-0.15, -0.1) is 0 Å². The predicted octanol–water partition coefficient (Wildman–Crippen LogP) is 16.9. The molecule has 0 atom stereocenters. The number of rotatable bonds is 4. The highest BCUT2D eigenvalue weighted by Gasteiger charge is 2.36. The van der Waals surface area contributed by atoms with E-state index in [1.165, 1.54) is 44.5 Å². The number of fused-ring (bicyclic) bond motifs is 14. The number of para-hydroxylation sites is 3. The van der Waals surface area contributed by atoms with Gasteiger partial charge in [0.25, 0.3) is 0 Å². The van der Waals surface area contributed by atoms with Crippen molar-refractivity contribution in [2.45, 2.75) is 32.1 Å². The fourth-order valence-corrected chi connectivity index (χ4v) is 10.9. The molecule has 0 N–H and O–H groups in total. The van der Waals surface area contributed by atoms with Crippen molar-refractivity contribution in [3.05, 3.63) is 240 Å². The van der Waals surface area contributed by atoms with Gasteiger partial charge in [-0.1, -0.05) is 172 Å². The molecule has 0 saturated carbocycles. The second-order valence-electron chi connectivity index (χ2n) is 18.1. The maximum atomic E-state index is 6.67. The number of furan rings is 2. The van der Waals surface area contributed by atoms with Gasteiger partial charge in [0.05, 0.1) is 11.4 Å². The third-order valence-electron chi connectivity index (χ3n) is 14.1. The van der Waals surface area contributed by atoms with Gasteiger partial charge in [0.2, 0.25) is 0 Å².